The lowest BCUT2D eigenvalue weighted by atomic mass is 10.1. The van der Waals surface area contributed by atoms with E-state index in [1.807, 2.05) is 0 Å². The Morgan fingerprint density at radius 2 is 0.681 bits per heavy atom. The number of aliphatic hydroxyl groups excluding tert-OH is 4. The molecule has 12 heteroatoms. The summed E-state index contributed by atoms with van der Waals surface area (Å²) in [7, 11) is 0. The van der Waals surface area contributed by atoms with E-state index in [-0.39, 0.29) is 34.6 Å². The molecule has 0 bridgehead atoms. The minimum Gasteiger partial charge on any atom is -0.392 e. The third-order valence-electron chi connectivity index (χ3n) is 15.2. The van der Waals surface area contributed by atoms with Gasteiger partial charge in [0.1, 0.15) is 0 Å². The van der Waals surface area contributed by atoms with Gasteiger partial charge in [-0.2, -0.15) is 0 Å². The molecule has 0 aromatic carbocycles. The summed E-state index contributed by atoms with van der Waals surface area (Å²) in [4.78, 5) is 35.5. The molecule has 6 unspecified atom stereocenters. The van der Waals surface area contributed by atoms with Crippen molar-refractivity contribution in [1.82, 2.24) is 19.6 Å². The van der Waals surface area contributed by atoms with Gasteiger partial charge in [-0.1, -0.05) is 205 Å². The zero-order chi connectivity index (χ0) is 52.9. The smallest absolute Gasteiger partial charge is 0.188 e. The molecule has 1 fully saturated rings. The normalized spacial score (nSPS) is 17.6. The molecule has 1 saturated heterocycles. The number of piperazine rings is 1. The van der Waals surface area contributed by atoms with Gasteiger partial charge in [-0.15, -0.1) is 0 Å². The highest BCUT2D eigenvalue weighted by atomic mass is 32.2. The van der Waals surface area contributed by atoms with Gasteiger partial charge in [0.25, 0.3) is 0 Å². The van der Waals surface area contributed by atoms with E-state index in [0.717, 1.165) is 128 Å². The topological polar surface area (TPSA) is 128 Å². The fourth-order valence-corrected chi connectivity index (χ4v) is 12.2. The monoisotopic (exact) mass is 1060 g/mol. The summed E-state index contributed by atoms with van der Waals surface area (Å²) in [5, 5.41) is 44.2. The van der Waals surface area contributed by atoms with E-state index in [2.05, 4.69) is 61.1 Å². The number of carbonyl (C=O) groups is 2. The molecule has 4 N–H and O–H groups in total. The fraction of sp³-hybridized carbons (Fsp3) is 0.967. The Balaban J connectivity index is 2.42. The van der Waals surface area contributed by atoms with Crippen molar-refractivity contribution >= 4 is 33.8 Å². The molecule has 1 aliphatic rings. The average molecular weight is 1060 g/mol. The highest BCUT2D eigenvalue weighted by Gasteiger charge is 2.29. The predicted molar refractivity (Wildman–Crippen MR) is 314 cm³/mol. The first-order valence-corrected chi connectivity index (χ1v) is 32.8. The molecule has 0 aromatic heterocycles. The predicted octanol–water partition coefficient (Wildman–Crippen LogP) is 13.3. The van der Waals surface area contributed by atoms with Gasteiger partial charge in [0.15, 0.2) is 10.2 Å². The Hall–Kier alpha value is -0.280. The molecule has 428 valence electrons. The summed E-state index contributed by atoms with van der Waals surface area (Å²) in [6.45, 7) is 21.3. The maximum atomic E-state index is 13.0. The standard InChI is InChI=1S/C60H120N4O6S2/c1-7-11-15-19-23-27-35-55(65)49-61(50-56(66)36-28-24-20-16-12-8-2)41-33-31-39-59(69)71-45-43-63-47-54(6)64(48-53(63)5)44-46-72-60(70)40-32-34-42-62(51-57(67)37-29-25-21-17-13-9-3)52-58(68)38-30-26-22-18-14-10-4/h53-58,65-68H,7-52H2,1-6H3. The van der Waals surface area contributed by atoms with E-state index in [1.54, 1.807) is 0 Å². The largest absolute Gasteiger partial charge is 0.392 e. The summed E-state index contributed by atoms with van der Waals surface area (Å²) in [6.07, 6.45) is 35.6. The number of thioether (sulfide) groups is 2. The van der Waals surface area contributed by atoms with Crippen LogP contribution in [0.3, 0.4) is 0 Å². The second-order valence-corrected chi connectivity index (χ2v) is 24.7. The van der Waals surface area contributed by atoms with Gasteiger partial charge in [-0.25, -0.2) is 0 Å². The number of rotatable bonds is 52. The van der Waals surface area contributed by atoms with E-state index in [4.69, 9.17) is 0 Å². The molecule has 72 heavy (non-hydrogen) atoms. The van der Waals surface area contributed by atoms with Gasteiger partial charge in [-0.05, 0) is 78.3 Å². The lowest BCUT2D eigenvalue weighted by molar-refractivity contribution is -0.111. The first-order chi connectivity index (χ1) is 34.9. The van der Waals surface area contributed by atoms with Crippen LogP contribution in [-0.2, 0) is 9.59 Å². The molecule has 1 heterocycles. The molecule has 0 aliphatic carbocycles. The summed E-state index contributed by atoms with van der Waals surface area (Å²) in [5.74, 6) is 1.61. The second-order valence-electron chi connectivity index (χ2n) is 22.4. The lowest BCUT2D eigenvalue weighted by Gasteiger charge is -2.44. The van der Waals surface area contributed by atoms with Crippen molar-refractivity contribution in [3.63, 3.8) is 0 Å². The van der Waals surface area contributed by atoms with Crippen molar-refractivity contribution in [2.45, 2.75) is 296 Å². The number of nitrogens with zero attached hydrogens (tertiary/aromatic N) is 4. The molecular formula is C60H120N4O6S2. The van der Waals surface area contributed by atoms with Gasteiger partial charge in [0.2, 0.25) is 0 Å². The summed E-state index contributed by atoms with van der Waals surface area (Å²) in [6, 6.07) is 0.793. The van der Waals surface area contributed by atoms with Crippen LogP contribution in [0.5, 0.6) is 0 Å². The molecule has 10 nitrogen and oxygen atoms in total. The lowest BCUT2D eigenvalue weighted by Crippen LogP contribution is -2.57. The quantitative estimate of drug-likeness (QED) is 0.0433. The van der Waals surface area contributed by atoms with Crippen molar-refractivity contribution in [2.75, 3.05) is 77.0 Å². The average Bonchev–Trinajstić information content (AvgIpc) is 3.34. The first kappa shape index (κ1) is 69.7. The minimum atomic E-state index is -0.369. The number of carbonyl (C=O) groups excluding carboxylic acids is 2. The van der Waals surface area contributed by atoms with Crippen molar-refractivity contribution in [3.8, 4) is 0 Å². The molecular weight excluding hydrogens is 937 g/mol. The van der Waals surface area contributed by atoms with E-state index >= 15 is 0 Å². The third-order valence-corrected chi connectivity index (χ3v) is 17.0. The van der Waals surface area contributed by atoms with E-state index in [0.29, 0.717) is 51.1 Å². The van der Waals surface area contributed by atoms with Crippen LogP contribution in [0.4, 0.5) is 0 Å². The van der Waals surface area contributed by atoms with E-state index < -0.39 is 0 Å². The number of unbranched alkanes of at least 4 members (excludes halogenated alkanes) is 22. The van der Waals surface area contributed by atoms with Gasteiger partial charge in [0, 0.05) is 88.8 Å². The van der Waals surface area contributed by atoms with Crippen LogP contribution < -0.4 is 0 Å². The Morgan fingerprint density at radius 1 is 0.417 bits per heavy atom. The van der Waals surface area contributed by atoms with Gasteiger partial charge < -0.3 is 20.4 Å². The Labute approximate surface area is 454 Å². The molecule has 0 amide bonds. The SMILES string of the molecule is CCCCCCCCC(O)CN(CCCCC(=O)SCCN1CC(C)N(CCSC(=O)CCCCN(CC(O)CCCCCCCC)CC(O)CCCCCCCC)CC1C)CC(O)CCCCCCCC. The van der Waals surface area contributed by atoms with Crippen molar-refractivity contribution in [1.29, 1.82) is 0 Å². The number of hydrogen-bond acceptors (Lipinski definition) is 12. The van der Waals surface area contributed by atoms with Crippen LogP contribution in [0.2, 0.25) is 0 Å². The van der Waals surface area contributed by atoms with Gasteiger partial charge in [0.05, 0.1) is 24.4 Å². The van der Waals surface area contributed by atoms with Gasteiger partial charge >= 0.3 is 0 Å². The van der Waals surface area contributed by atoms with Crippen molar-refractivity contribution in [2.24, 2.45) is 0 Å². The molecule has 0 spiro atoms. The Morgan fingerprint density at radius 3 is 0.958 bits per heavy atom. The van der Waals surface area contributed by atoms with Crippen molar-refractivity contribution in [3.05, 3.63) is 0 Å². The molecule has 0 radical (unpaired) electrons. The maximum absolute atomic E-state index is 13.0. The molecule has 0 saturated carbocycles. The minimum absolute atomic E-state index is 0.265. The summed E-state index contributed by atoms with van der Waals surface area (Å²) in [5.41, 5.74) is 0. The highest BCUT2D eigenvalue weighted by Crippen LogP contribution is 2.21. The highest BCUT2D eigenvalue weighted by molar-refractivity contribution is 8.13. The summed E-state index contributed by atoms with van der Waals surface area (Å²) >= 11 is 2.95. The second kappa shape index (κ2) is 49.0. The van der Waals surface area contributed by atoms with E-state index in [9.17, 15) is 30.0 Å². The number of aliphatic hydroxyl groups is 4. The van der Waals surface area contributed by atoms with Crippen LogP contribution in [0.25, 0.3) is 0 Å². The molecule has 1 aliphatic heterocycles. The zero-order valence-corrected chi connectivity index (χ0v) is 49.8. The fourth-order valence-electron chi connectivity index (χ4n) is 10.5. The van der Waals surface area contributed by atoms with Crippen LogP contribution in [0.1, 0.15) is 260 Å². The van der Waals surface area contributed by atoms with Crippen LogP contribution >= 0.6 is 23.5 Å². The molecule has 0 aromatic rings. The Bertz CT molecular complexity index is 1090. The Kier molecular flexibility index (Phi) is 47.5. The third kappa shape index (κ3) is 40.9. The van der Waals surface area contributed by atoms with Crippen molar-refractivity contribution < 1.29 is 30.0 Å². The summed E-state index contributed by atoms with van der Waals surface area (Å²) < 4.78 is 0. The van der Waals surface area contributed by atoms with Crippen LogP contribution in [-0.4, -0.2) is 164 Å². The molecule has 1 rings (SSSR count). The number of hydrogen-bond donors (Lipinski definition) is 4. The maximum Gasteiger partial charge on any atom is 0.188 e. The van der Waals surface area contributed by atoms with E-state index in [1.165, 1.54) is 152 Å². The van der Waals surface area contributed by atoms with Gasteiger partial charge in [-0.3, -0.25) is 29.2 Å². The zero-order valence-electron chi connectivity index (χ0n) is 48.2. The van der Waals surface area contributed by atoms with Crippen LogP contribution in [0, 0.1) is 0 Å². The first-order valence-electron chi connectivity index (χ1n) is 30.9. The van der Waals surface area contributed by atoms with Crippen LogP contribution in [0.15, 0.2) is 0 Å². The molecule has 6 atom stereocenters.